The SMILES string of the molecule is C[C@H]1CCC[C@@H](c2ccccc2)N1CC(=O)N(C)c1nccs1. The van der Waals surface area contributed by atoms with Gasteiger partial charge in [-0.15, -0.1) is 11.3 Å². The molecule has 4 nitrogen and oxygen atoms in total. The zero-order chi connectivity index (χ0) is 16.2. The molecule has 1 fully saturated rings. The van der Waals surface area contributed by atoms with Gasteiger partial charge in [0.15, 0.2) is 5.13 Å². The fourth-order valence-electron chi connectivity index (χ4n) is 3.30. The molecule has 0 bridgehead atoms. The second-order valence-corrected chi connectivity index (χ2v) is 7.02. The number of nitrogens with zero attached hydrogens (tertiary/aromatic N) is 3. The summed E-state index contributed by atoms with van der Waals surface area (Å²) < 4.78 is 0. The molecule has 1 saturated heterocycles. The van der Waals surface area contributed by atoms with E-state index in [1.165, 1.54) is 23.3 Å². The number of thiazole rings is 1. The van der Waals surface area contributed by atoms with Crippen LogP contribution in [0.1, 0.15) is 37.8 Å². The number of likely N-dealkylation sites (N-methyl/N-ethyl adjacent to an activating group) is 1. The average molecular weight is 329 g/mol. The van der Waals surface area contributed by atoms with E-state index in [-0.39, 0.29) is 5.91 Å². The van der Waals surface area contributed by atoms with E-state index in [4.69, 9.17) is 0 Å². The van der Waals surface area contributed by atoms with Gasteiger partial charge in [0.2, 0.25) is 5.91 Å². The highest BCUT2D eigenvalue weighted by Crippen LogP contribution is 2.34. The highest BCUT2D eigenvalue weighted by molar-refractivity contribution is 7.13. The van der Waals surface area contributed by atoms with Gasteiger partial charge in [-0.25, -0.2) is 4.98 Å². The number of aromatic nitrogens is 1. The molecule has 0 radical (unpaired) electrons. The number of anilines is 1. The minimum absolute atomic E-state index is 0.106. The van der Waals surface area contributed by atoms with Crippen LogP contribution in [0.4, 0.5) is 5.13 Å². The normalized spacial score (nSPS) is 22.0. The summed E-state index contributed by atoms with van der Waals surface area (Å²) in [5.41, 5.74) is 1.31. The molecule has 1 aliphatic heterocycles. The maximum Gasteiger partial charge on any atom is 0.242 e. The van der Waals surface area contributed by atoms with Crippen LogP contribution >= 0.6 is 11.3 Å². The molecule has 2 aromatic rings. The Hall–Kier alpha value is -1.72. The Labute approximate surface area is 141 Å². The van der Waals surface area contributed by atoms with Gasteiger partial charge >= 0.3 is 0 Å². The first-order chi connectivity index (χ1) is 11.2. The Kier molecular flexibility index (Phi) is 5.08. The number of piperidine rings is 1. The number of benzene rings is 1. The van der Waals surface area contributed by atoms with Crippen LogP contribution in [0, 0.1) is 0 Å². The van der Waals surface area contributed by atoms with Crippen LogP contribution < -0.4 is 4.90 Å². The van der Waals surface area contributed by atoms with E-state index in [2.05, 4.69) is 41.1 Å². The van der Waals surface area contributed by atoms with Crippen molar-refractivity contribution in [3.8, 4) is 0 Å². The first-order valence-electron chi connectivity index (χ1n) is 8.13. The fourth-order valence-corrected chi connectivity index (χ4v) is 3.92. The minimum atomic E-state index is 0.106. The number of amides is 1. The van der Waals surface area contributed by atoms with Crippen LogP contribution in [0.15, 0.2) is 41.9 Å². The van der Waals surface area contributed by atoms with Crippen molar-refractivity contribution >= 4 is 22.4 Å². The third-order valence-electron chi connectivity index (χ3n) is 4.65. The zero-order valence-electron chi connectivity index (χ0n) is 13.7. The van der Waals surface area contributed by atoms with Gasteiger partial charge in [-0.1, -0.05) is 36.8 Å². The Bertz CT molecular complexity index is 629. The van der Waals surface area contributed by atoms with Gasteiger partial charge < -0.3 is 0 Å². The van der Waals surface area contributed by atoms with Crippen LogP contribution in [0.5, 0.6) is 0 Å². The predicted molar refractivity (Wildman–Crippen MR) is 94.7 cm³/mol. The molecule has 0 spiro atoms. The van der Waals surface area contributed by atoms with Gasteiger partial charge in [0.25, 0.3) is 0 Å². The lowest BCUT2D eigenvalue weighted by Crippen LogP contribution is -2.46. The van der Waals surface area contributed by atoms with Crippen molar-refractivity contribution in [3.05, 3.63) is 47.5 Å². The summed E-state index contributed by atoms with van der Waals surface area (Å²) in [6.45, 7) is 2.67. The van der Waals surface area contributed by atoms with Gasteiger partial charge in [0.05, 0.1) is 6.54 Å². The topological polar surface area (TPSA) is 36.4 Å². The van der Waals surface area contributed by atoms with E-state index in [9.17, 15) is 4.79 Å². The maximum absolute atomic E-state index is 12.7. The van der Waals surface area contributed by atoms with Crippen molar-refractivity contribution in [2.45, 2.75) is 38.3 Å². The Morgan fingerprint density at radius 2 is 2.13 bits per heavy atom. The molecule has 0 saturated carbocycles. The Morgan fingerprint density at radius 1 is 1.35 bits per heavy atom. The van der Waals surface area contributed by atoms with Crippen molar-refractivity contribution < 1.29 is 4.79 Å². The van der Waals surface area contributed by atoms with Crippen LogP contribution in [0.3, 0.4) is 0 Å². The molecule has 122 valence electrons. The van der Waals surface area contributed by atoms with Crippen LogP contribution in [-0.2, 0) is 4.79 Å². The standard InChI is InChI=1S/C18H23N3OS/c1-14-7-6-10-16(15-8-4-3-5-9-15)21(14)13-17(22)20(2)18-19-11-12-23-18/h3-5,8-9,11-12,14,16H,6-7,10,13H2,1-2H3/t14-,16-/m0/s1. The van der Waals surface area contributed by atoms with E-state index in [1.54, 1.807) is 11.1 Å². The van der Waals surface area contributed by atoms with E-state index in [0.29, 0.717) is 18.6 Å². The highest BCUT2D eigenvalue weighted by atomic mass is 32.1. The lowest BCUT2D eigenvalue weighted by atomic mass is 9.91. The fraction of sp³-hybridized carbons (Fsp3) is 0.444. The molecule has 0 unspecified atom stereocenters. The lowest BCUT2D eigenvalue weighted by molar-refractivity contribution is -0.121. The number of rotatable bonds is 4. The number of likely N-dealkylation sites (tertiary alicyclic amines) is 1. The summed E-state index contributed by atoms with van der Waals surface area (Å²) in [6, 6.07) is 11.3. The molecule has 0 N–H and O–H groups in total. The molecule has 1 aromatic heterocycles. The minimum Gasteiger partial charge on any atom is -0.290 e. The van der Waals surface area contributed by atoms with Crippen molar-refractivity contribution in [2.75, 3.05) is 18.5 Å². The molecule has 1 amide bonds. The van der Waals surface area contributed by atoms with Gasteiger partial charge in [-0.2, -0.15) is 0 Å². The summed E-state index contributed by atoms with van der Waals surface area (Å²) in [7, 11) is 1.81. The molecule has 2 heterocycles. The van der Waals surface area contributed by atoms with E-state index in [1.807, 2.05) is 18.5 Å². The van der Waals surface area contributed by atoms with Crippen LogP contribution in [0.25, 0.3) is 0 Å². The quantitative estimate of drug-likeness (QED) is 0.858. The average Bonchev–Trinajstić information content (AvgIpc) is 3.11. The monoisotopic (exact) mass is 329 g/mol. The third-order valence-corrected chi connectivity index (χ3v) is 5.50. The second kappa shape index (κ2) is 7.23. The summed E-state index contributed by atoms with van der Waals surface area (Å²) in [5.74, 6) is 0.106. The largest absolute Gasteiger partial charge is 0.290 e. The maximum atomic E-state index is 12.7. The van der Waals surface area contributed by atoms with Crippen LogP contribution in [-0.4, -0.2) is 35.4 Å². The smallest absolute Gasteiger partial charge is 0.242 e. The van der Waals surface area contributed by atoms with Gasteiger partial charge in [-0.05, 0) is 25.3 Å². The highest BCUT2D eigenvalue weighted by Gasteiger charge is 2.31. The van der Waals surface area contributed by atoms with E-state index < -0.39 is 0 Å². The summed E-state index contributed by atoms with van der Waals surface area (Å²) in [4.78, 5) is 20.9. The first kappa shape index (κ1) is 16.1. The number of hydrogen-bond donors (Lipinski definition) is 0. The predicted octanol–water partition coefficient (Wildman–Crippen LogP) is 3.72. The molecule has 0 aliphatic carbocycles. The molecular weight excluding hydrogens is 306 g/mol. The zero-order valence-corrected chi connectivity index (χ0v) is 14.5. The molecular formula is C18H23N3OS. The number of hydrogen-bond acceptors (Lipinski definition) is 4. The molecule has 1 aliphatic rings. The molecule has 5 heteroatoms. The number of carbonyl (C=O) groups is 1. The van der Waals surface area contributed by atoms with Gasteiger partial charge in [0.1, 0.15) is 0 Å². The molecule has 23 heavy (non-hydrogen) atoms. The van der Waals surface area contributed by atoms with Crippen molar-refractivity contribution in [1.82, 2.24) is 9.88 Å². The lowest BCUT2D eigenvalue weighted by Gasteiger charge is -2.41. The second-order valence-electron chi connectivity index (χ2n) is 6.15. The molecule has 2 atom stereocenters. The first-order valence-corrected chi connectivity index (χ1v) is 9.01. The van der Waals surface area contributed by atoms with Crippen molar-refractivity contribution in [3.63, 3.8) is 0 Å². The van der Waals surface area contributed by atoms with Crippen molar-refractivity contribution in [1.29, 1.82) is 0 Å². The van der Waals surface area contributed by atoms with E-state index >= 15 is 0 Å². The Balaban J connectivity index is 1.76. The molecule has 1 aromatic carbocycles. The Morgan fingerprint density at radius 3 is 2.83 bits per heavy atom. The summed E-state index contributed by atoms with van der Waals surface area (Å²) >= 11 is 1.49. The third kappa shape index (κ3) is 3.62. The van der Waals surface area contributed by atoms with Crippen molar-refractivity contribution in [2.24, 2.45) is 0 Å². The number of carbonyl (C=O) groups excluding carboxylic acids is 1. The summed E-state index contributed by atoms with van der Waals surface area (Å²) in [6.07, 6.45) is 5.22. The van der Waals surface area contributed by atoms with Crippen LogP contribution in [0.2, 0.25) is 0 Å². The molecule has 3 rings (SSSR count). The van der Waals surface area contributed by atoms with Gasteiger partial charge in [-0.3, -0.25) is 14.6 Å². The van der Waals surface area contributed by atoms with Gasteiger partial charge in [0, 0.05) is 30.7 Å². The summed E-state index contributed by atoms with van der Waals surface area (Å²) in [5, 5.41) is 2.66. The van der Waals surface area contributed by atoms with E-state index in [0.717, 1.165) is 18.0 Å².